The van der Waals surface area contributed by atoms with Crippen LogP contribution in [0.5, 0.6) is 5.75 Å². The zero-order valence-electron chi connectivity index (χ0n) is 16.4. The summed E-state index contributed by atoms with van der Waals surface area (Å²) in [7, 11) is 1.45. The summed E-state index contributed by atoms with van der Waals surface area (Å²) in [4.78, 5) is 15.4. The maximum Gasteiger partial charge on any atom is 0.263 e. The van der Waals surface area contributed by atoms with Crippen LogP contribution in [0.15, 0.2) is 36.4 Å². The summed E-state index contributed by atoms with van der Waals surface area (Å²) in [6.45, 7) is 2.24. The van der Waals surface area contributed by atoms with Gasteiger partial charge in [-0.25, -0.2) is 8.78 Å². The molecular formula is C22H21ClF2N2O2S. The lowest BCUT2D eigenvalue weighted by molar-refractivity contribution is 0.0913. The molecule has 2 heterocycles. The molecule has 0 bridgehead atoms. The van der Waals surface area contributed by atoms with Gasteiger partial charge in [-0.3, -0.25) is 9.69 Å². The molecule has 2 aromatic carbocycles. The molecule has 1 N–H and O–H groups in total. The number of fused-ring (bicyclic) bond motifs is 1. The van der Waals surface area contributed by atoms with E-state index >= 15 is 0 Å². The number of hydrogen-bond acceptors (Lipinski definition) is 4. The van der Waals surface area contributed by atoms with E-state index in [2.05, 4.69) is 10.2 Å². The molecule has 0 saturated carbocycles. The van der Waals surface area contributed by atoms with Crippen molar-refractivity contribution in [3.05, 3.63) is 63.5 Å². The Morgan fingerprint density at radius 2 is 2.00 bits per heavy atom. The Labute approximate surface area is 182 Å². The summed E-state index contributed by atoms with van der Waals surface area (Å²) in [6.07, 6.45) is 1.59. The number of thiophene rings is 1. The molecule has 0 atom stereocenters. The van der Waals surface area contributed by atoms with Crippen molar-refractivity contribution in [2.45, 2.75) is 25.4 Å². The van der Waals surface area contributed by atoms with E-state index in [1.54, 1.807) is 12.1 Å². The quantitative estimate of drug-likeness (QED) is 0.578. The number of halogens is 3. The summed E-state index contributed by atoms with van der Waals surface area (Å²) in [5.74, 6) is -0.700. The van der Waals surface area contributed by atoms with Gasteiger partial charge in [0.05, 0.1) is 12.1 Å². The molecule has 4 nitrogen and oxygen atoms in total. The van der Waals surface area contributed by atoms with E-state index in [9.17, 15) is 13.6 Å². The highest BCUT2D eigenvalue weighted by atomic mass is 35.5. The predicted molar refractivity (Wildman–Crippen MR) is 116 cm³/mol. The highest BCUT2D eigenvalue weighted by Crippen LogP contribution is 2.35. The van der Waals surface area contributed by atoms with Gasteiger partial charge in [-0.15, -0.1) is 11.3 Å². The van der Waals surface area contributed by atoms with Gasteiger partial charge in [0, 0.05) is 35.8 Å². The van der Waals surface area contributed by atoms with Gasteiger partial charge in [0.1, 0.15) is 10.7 Å². The minimum Gasteiger partial charge on any atom is -0.494 e. The summed E-state index contributed by atoms with van der Waals surface area (Å²) in [5, 5.41) is 4.11. The SMILES string of the molecule is COc1ccc(CN2CCC(NC(=O)c3sc4cc(F)ccc4c3Cl)CC2)cc1F. The number of amides is 1. The molecule has 1 fully saturated rings. The molecule has 0 aliphatic carbocycles. The maximum atomic E-state index is 13.9. The molecule has 3 aromatic rings. The monoisotopic (exact) mass is 450 g/mol. The summed E-state index contributed by atoms with van der Waals surface area (Å²) in [5.41, 5.74) is 0.889. The van der Waals surface area contributed by atoms with Crippen LogP contribution in [0.2, 0.25) is 5.02 Å². The molecule has 4 rings (SSSR count). The molecule has 1 saturated heterocycles. The number of piperidine rings is 1. The zero-order valence-corrected chi connectivity index (χ0v) is 18.0. The standard InChI is InChI=1S/C22H21ClF2N2O2S/c1-29-18-5-2-13(10-17(18)25)12-27-8-6-15(7-9-27)26-22(28)21-20(23)16-4-3-14(24)11-19(16)30-21/h2-5,10-11,15H,6-9,12H2,1H3,(H,26,28). The number of hydrogen-bond donors (Lipinski definition) is 1. The first-order valence-electron chi connectivity index (χ1n) is 9.68. The van der Waals surface area contributed by atoms with Crippen molar-refractivity contribution >= 4 is 38.9 Å². The fraction of sp³-hybridized carbons (Fsp3) is 0.318. The van der Waals surface area contributed by atoms with E-state index in [0.29, 0.717) is 26.5 Å². The lowest BCUT2D eigenvalue weighted by atomic mass is 10.0. The van der Waals surface area contributed by atoms with Gasteiger partial charge in [-0.05, 0) is 48.7 Å². The van der Waals surface area contributed by atoms with Crippen LogP contribution >= 0.6 is 22.9 Å². The van der Waals surface area contributed by atoms with Gasteiger partial charge in [0.25, 0.3) is 5.91 Å². The second-order valence-electron chi connectivity index (χ2n) is 7.38. The molecule has 8 heteroatoms. The number of rotatable bonds is 5. The average molecular weight is 451 g/mol. The molecule has 1 aromatic heterocycles. The number of benzene rings is 2. The zero-order chi connectivity index (χ0) is 21.3. The van der Waals surface area contributed by atoms with Crippen LogP contribution in [0, 0.1) is 11.6 Å². The fourth-order valence-electron chi connectivity index (χ4n) is 3.74. The highest BCUT2D eigenvalue weighted by Gasteiger charge is 2.24. The van der Waals surface area contributed by atoms with E-state index in [-0.39, 0.29) is 29.3 Å². The Morgan fingerprint density at radius 3 is 2.70 bits per heavy atom. The number of methoxy groups -OCH3 is 1. The van der Waals surface area contributed by atoms with Crippen LogP contribution in [-0.2, 0) is 6.54 Å². The highest BCUT2D eigenvalue weighted by molar-refractivity contribution is 7.21. The van der Waals surface area contributed by atoms with Gasteiger partial charge in [0.2, 0.25) is 0 Å². The van der Waals surface area contributed by atoms with Crippen molar-refractivity contribution in [2.24, 2.45) is 0 Å². The Bertz CT molecular complexity index is 1080. The van der Waals surface area contributed by atoms with Crippen LogP contribution in [0.4, 0.5) is 8.78 Å². The smallest absolute Gasteiger partial charge is 0.263 e. The maximum absolute atomic E-state index is 13.9. The van der Waals surface area contributed by atoms with Gasteiger partial charge < -0.3 is 10.1 Å². The number of nitrogens with zero attached hydrogens (tertiary/aromatic N) is 1. The predicted octanol–water partition coefficient (Wildman–Crippen LogP) is 5.24. The molecular weight excluding hydrogens is 430 g/mol. The van der Waals surface area contributed by atoms with Gasteiger partial charge >= 0.3 is 0 Å². The van der Waals surface area contributed by atoms with Crippen molar-refractivity contribution in [3.8, 4) is 5.75 Å². The van der Waals surface area contributed by atoms with Crippen LogP contribution < -0.4 is 10.1 Å². The summed E-state index contributed by atoms with van der Waals surface area (Å²) in [6, 6.07) is 9.37. The number of carbonyl (C=O) groups excluding carboxylic acids is 1. The van der Waals surface area contributed by atoms with Crippen LogP contribution in [0.25, 0.3) is 10.1 Å². The van der Waals surface area contributed by atoms with Crippen molar-refractivity contribution in [1.82, 2.24) is 10.2 Å². The lowest BCUT2D eigenvalue weighted by Crippen LogP contribution is -2.44. The van der Waals surface area contributed by atoms with Gasteiger partial charge in [-0.2, -0.15) is 0 Å². The van der Waals surface area contributed by atoms with E-state index in [0.717, 1.165) is 31.5 Å². The number of likely N-dealkylation sites (tertiary alicyclic amines) is 1. The van der Waals surface area contributed by atoms with Crippen LogP contribution in [0.3, 0.4) is 0 Å². The first-order valence-corrected chi connectivity index (χ1v) is 10.9. The Hall–Kier alpha value is -2.22. The minimum absolute atomic E-state index is 0.0411. The minimum atomic E-state index is -0.364. The number of ether oxygens (including phenoxy) is 1. The van der Waals surface area contributed by atoms with E-state index < -0.39 is 0 Å². The molecule has 30 heavy (non-hydrogen) atoms. The molecule has 0 spiro atoms. The van der Waals surface area contributed by atoms with E-state index in [1.807, 2.05) is 6.07 Å². The third-order valence-electron chi connectivity index (χ3n) is 5.34. The van der Waals surface area contributed by atoms with Gasteiger partial charge in [-0.1, -0.05) is 17.7 Å². The number of carbonyl (C=O) groups is 1. The second-order valence-corrected chi connectivity index (χ2v) is 8.81. The van der Waals surface area contributed by atoms with Crippen molar-refractivity contribution in [3.63, 3.8) is 0 Å². The molecule has 1 aliphatic rings. The first-order chi connectivity index (χ1) is 14.4. The van der Waals surface area contributed by atoms with Crippen molar-refractivity contribution in [1.29, 1.82) is 0 Å². The molecule has 0 unspecified atom stereocenters. The largest absolute Gasteiger partial charge is 0.494 e. The average Bonchev–Trinajstić information content (AvgIpc) is 3.05. The Morgan fingerprint density at radius 1 is 1.23 bits per heavy atom. The Balaban J connectivity index is 1.34. The topological polar surface area (TPSA) is 41.6 Å². The normalized spacial score (nSPS) is 15.5. The third-order valence-corrected chi connectivity index (χ3v) is 7.00. The first kappa shape index (κ1) is 21.0. The van der Waals surface area contributed by atoms with Gasteiger partial charge in [0.15, 0.2) is 11.6 Å². The van der Waals surface area contributed by atoms with E-state index in [1.165, 1.54) is 36.6 Å². The molecule has 1 aliphatic heterocycles. The fourth-order valence-corrected chi connectivity index (χ4v) is 5.18. The van der Waals surface area contributed by atoms with Crippen LogP contribution in [0.1, 0.15) is 28.1 Å². The second kappa shape index (κ2) is 8.88. The van der Waals surface area contributed by atoms with Crippen LogP contribution in [-0.4, -0.2) is 37.0 Å². The lowest BCUT2D eigenvalue weighted by Gasteiger charge is -2.32. The molecule has 0 radical (unpaired) electrons. The summed E-state index contributed by atoms with van der Waals surface area (Å²) >= 11 is 7.55. The molecule has 158 valence electrons. The van der Waals surface area contributed by atoms with E-state index in [4.69, 9.17) is 16.3 Å². The summed E-state index contributed by atoms with van der Waals surface area (Å²) < 4.78 is 32.9. The van der Waals surface area contributed by atoms with Crippen molar-refractivity contribution in [2.75, 3.05) is 20.2 Å². The van der Waals surface area contributed by atoms with Crippen molar-refractivity contribution < 1.29 is 18.3 Å². The Kier molecular flexibility index (Phi) is 6.22. The third kappa shape index (κ3) is 4.43. The molecule has 1 amide bonds. The number of nitrogens with one attached hydrogen (secondary N) is 1.